The van der Waals surface area contributed by atoms with E-state index in [4.69, 9.17) is 0 Å². The molecule has 2 amide bonds. The molecule has 6 nitrogen and oxygen atoms in total. The van der Waals surface area contributed by atoms with Gasteiger partial charge in [-0.3, -0.25) is 14.3 Å². The Morgan fingerprint density at radius 1 is 1.19 bits per heavy atom. The maximum absolute atomic E-state index is 12.2. The average molecular weight is 368 g/mol. The van der Waals surface area contributed by atoms with Crippen LogP contribution < -0.4 is 5.32 Å². The molecule has 0 spiro atoms. The van der Waals surface area contributed by atoms with Crippen LogP contribution in [0.15, 0.2) is 42.7 Å². The molecule has 0 atom stereocenters. The average Bonchev–Trinajstić information content (AvgIpc) is 3.19. The summed E-state index contributed by atoms with van der Waals surface area (Å²) in [6.45, 7) is 4.80. The Morgan fingerprint density at radius 3 is 2.56 bits per heavy atom. The predicted molar refractivity (Wildman–Crippen MR) is 104 cm³/mol. The highest BCUT2D eigenvalue weighted by Gasteiger charge is 2.20. The smallest absolute Gasteiger partial charge is 0.251 e. The summed E-state index contributed by atoms with van der Waals surface area (Å²) in [6, 6.07) is 9.81. The van der Waals surface area contributed by atoms with Crippen molar-refractivity contribution in [3.63, 3.8) is 0 Å². The molecule has 1 saturated heterocycles. The Bertz CT molecular complexity index is 732. The molecule has 27 heavy (non-hydrogen) atoms. The monoisotopic (exact) mass is 368 g/mol. The summed E-state index contributed by atoms with van der Waals surface area (Å²) < 4.78 is 1.86. The Kier molecular flexibility index (Phi) is 6.63. The second-order valence-corrected chi connectivity index (χ2v) is 7.23. The van der Waals surface area contributed by atoms with Crippen molar-refractivity contribution >= 4 is 11.8 Å². The van der Waals surface area contributed by atoms with E-state index < -0.39 is 0 Å². The second-order valence-electron chi connectivity index (χ2n) is 7.23. The van der Waals surface area contributed by atoms with Gasteiger partial charge in [-0.05, 0) is 55.4 Å². The number of hydrogen-bond acceptors (Lipinski definition) is 3. The zero-order chi connectivity index (χ0) is 19.1. The fourth-order valence-electron chi connectivity index (χ4n) is 3.56. The minimum Gasteiger partial charge on any atom is -0.352 e. The Morgan fingerprint density at radius 2 is 1.93 bits per heavy atom. The second kappa shape index (κ2) is 9.35. The first-order valence-corrected chi connectivity index (χ1v) is 9.72. The van der Waals surface area contributed by atoms with E-state index >= 15 is 0 Å². The van der Waals surface area contributed by atoms with Gasteiger partial charge >= 0.3 is 0 Å². The number of nitrogens with one attached hydrogen (secondary N) is 1. The largest absolute Gasteiger partial charge is 0.352 e. The third-order valence-corrected chi connectivity index (χ3v) is 5.21. The standard InChI is InChI=1S/C21H28N4O2/c1-17(26)24-14-8-19(9-15-24)16-18-4-6-20(7-5-18)21(27)22-10-2-12-25-13-3-11-23-25/h3-7,11,13,19H,2,8-10,12,14-16H2,1H3,(H,22,27). The van der Waals surface area contributed by atoms with Gasteiger partial charge in [0.1, 0.15) is 0 Å². The zero-order valence-electron chi connectivity index (χ0n) is 15.9. The summed E-state index contributed by atoms with van der Waals surface area (Å²) in [5, 5.41) is 7.11. The maximum Gasteiger partial charge on any atom is 0.251 e. The molecule has 1 aliphatic heterocycles. The number of piperidine rings is 1. The van der Waals surface area contributed by atoms with Crippen molar-refractivity contribution in [1.29, 1.82) is 0 Å². The minimum absolute atomic E-state index is 0.0308. The van der Waals surface area contributed by atoms with Crippen molar-refractivity contribution in [2.75, 3.05) is 19.6 Å². The van der Waals surface area contributed by atoms with Crippen molar-refractivity contribution in [3.05, 3.63) is 53.9 Å². The molecule has 6 heteroatoms. The maximum atomic E-state index is 12.2. The van der Waals surface area contributed by atoms with Crippen molar-refractivity contribution < 1.29 is 9.59 Å². The van der Waals surface area contributed by atoms with Gasteiger partial charge in [0.15, 0.2) is 0 Å². The number of carbonyl (C=O) groups excluding carboxylic acids is 2. The number of nitrogens with zero attached hydrogens (tertiary/aromatic N) is 3. The number of amides is 2. The van der Waals surface area contributed by atoms with Gasteiger partial charge in [0, 0.05) is 51.1 Å². The summed E-state index contributed by atoms with van der Waals surface area (Å²) in [4.78, 5) is 25.6. The summed E-state index contributed by atoms with van der Waals surface area (Å²) in [7, 11) is 0. The number of hydrogen-bond donors (Lipinski definition) is 1. The van der Waals surface area contributed by atoms with Crippen LogP contribution in [-0.2, 0) is 17.8 Å². The van der Waals surface area contributed by atoms with E-state index in [0.29, 0.717) is 18.0 Å². The molecular formula is C21H28N4O2. The lowest BCUT2D eigenvalue weighted by Gasteiger charge is -2.31. The fourth-order valence-corrected chi connectivity index (χ4v) is 3.56. The first-order valence-electron chi connectivity index (χ1n) is 9.72. The van der Waals surface area contributed by atoms with Gasteiger partial charge in [-0.15, -0.1) is 0 Å². The SMILES string of the molecule is CC(=O)N1CCC(Cc2ccc(C(=O)NCCCn3cccn3)cc2)CC1. The van der Waals surface area contributed by atoms with Crippen LogP contribution in [0.1, 0.15) is 42.1 Å². The zero-order valence-corrected chi connectivity index (χ0v) is 15.9. The molecule has 1 N–H and O–H groups in total. The first kappa shape index (κ1) is 19.1. The molecule has 2 aromatic rings. The van der Waals surface area contributed by atoms with Crippen LogP contribution in [0.25, 0.3) is 0 Å². The highest BCUT2D eigenvalue weighted by atomic mass is 16.2. The summed E-state index contributed by atoms with van der Waals surface area (Å²) in [6.07, 6.45) is 7.65. The van der Waals surface area contributed by atoms with Gasteiger partial charge in [0.2, 0.25) is 5.91 Å². The molecule has 1 aromatic carbocycles. The highest BCUT2D eigenvalue weighted by molar-refractivity contribution is 5.94. The van der Waals surface area contributed by atoms with E-state index in [2.05, 4.69) is 22.5 Å². The number of aromatic nitrogens is 2. The lowest BCUT2D eigenvalue weighted by atomic mass is 9.90. The topological polar surface area (TPSA) is 67.2 Å². The first-order chi connectivity index (χ1) is 13.1. The van der Waals surface area contributed by atoms with E-state index in [1.807, 2.05) is 34.0 Å². The van der Waals surface area contributed by atoms with Gasteiger partial charge in [0.25, 0.3) is 5.91 Å². The van der Waals surface area contributed by atoms with Crippen LogP contribution in [0, 0.1) is 5.92 Å². The van der Waals surface area contributed by atoms with Gasteiger partial charge in [-0.25, -0.2) is 0 Å². The highest BCUT2D eigenvalue weighted by Crippen LogP contribution is 2.22. The fraction of sp³-hybridized carbons (Fsp3) is 0.476. The molecule has 0 aliphatic carbocycles. The van der Waals surface area contributed by atoms with E-state index in [1.165, 1.54) is 5.56 Å². The van der Waals surface area contributed by atoms with Gasteiger partial charge in [-0.2, -0.15) is 5.10 Å². The lowest BCUT2D eigenvalue weighted by molar-refractivity contribution is -0.130. The molecular weight excluding hydrogens is 340 g/mol. The van der Waals surface area contributed by atoms with Crippen LogP contribution in [0.5, 0.6) is 0 Å². The molecule has 3 rings (SSSR count). The van der Waals surface area contributed by atoms with E-state index in [-0.39, 0.29) is 11.8 Å². The summed E-state index contributed by atoms with van der Waals surface area (Å²) in [5.41, 5.74) is 1.95. The third-order valence-electron chi connectivity index (χ3n) is 5.21. The Labute approximate surface area is 160 Å². The Hall–Kier alpha value is -2.63. The van der Waals surface area contributed by atoms with Crippen LogP contribution in [0.4, 0.5) is 0 Å². The predicted octanol–water partition coefficient (Wildman–Crippen LogP) is 2.50. The lowest BCUT2D eigenvalue weighted by Crippen LogP contribution is -2.37. The molecule has 0 radical (unpaired) electrons. The van der Waals surface area contributed by atoms with E-state index in [0.717, 1.165) is 45.3 Å². The van der Waals surface area contributed by atoms with E-state index in [1.54, 1.807) is 13.1 Å². The molecule has 2 heterocycles. The van der Waals surface area contributed by atoms with Gasteiger partial charge in [-0.1, -0.05) is 12.1 Å². The van der Waals surface area contributed by atoms with Crippen molar-refractivity contribution in [2.45, 2.75) is 39.2 Å². The van der Waals surface area contributed by atoms with Gasteiger partial charge in [0.05, 0.1) is 0 Å². The molecule has 144 valence electrons. The Balaban J connectivity index is 1.40. The van der Waals surface area contributed by atoms with E-state index in [9.17, 15) is 9.59 Å². The molecule has 1 aromatic heterocycles. The molecule has 1 aliphatic rings. The summed E-state index contributed by atoms with van der Waals surface area (Å²) >= 11 is 0. The quantitative estimate of drug-likeness (QED) is 0.764. The number of rotatable bonds is 7. The van der Waals surface area contributed by atoms with Crippen LogP contribution in [0.2, 0.25) is 0 Å². The number of benzene rings is 1. The number of carbonyl (C=O) groups is 2. The molecule has 0 saturated carbocycles. The van der Waals surface area contributed by atoms with Crippen molar-refractivity contribution in [3.8, 4) is 0 Å². The van der Waals surface area contributed by atoms with Crippen LogP contribution in [-0.4, -0.2) is 46.1 Å². The van der Waals surface area contributed by atoms with Gasteiger partial charge < -0.3 is 10.2 Å². The number of aryl methyl sites for hydroxylation is 1. The minimum atomic E-state index is -0.0308. The molecule has 0 bridgehead atoms. The molecule has 1 fully saturated rings. The van der Waals surface area contributed by atoms with Crippen LogP contribution in [0.3, 0.4) is 0 Å². The number of likely N-dealkylation sites (tertiary alicyclic amines) is 1. The van der Waals surface area contributed by atoms with Crippen molar-refractivity contribution in [1.82, 2.24) is 20.0 Å². The van der Waals surface area contributed by atoms with Crippen LogP contribution >= 0.6 is 0 Å². The third kappa shape index (κ3) is 5.67. The van der Waals surface area contributed by atoms with Crippen molar-refractivity contribution in [2.24, 2.45) is 5.92 Å². The normalized spacial score (nSPS) is 14.9. The molecule has 0 unspecified atom stereocenters. The summed E-state index contributed by atoms with van der Waals surface area (Å²) in [5.74, 6) is 0.757.